The maximum absolute atomic E-state index is 14.1. The van der Waals surface area contributed by atoms with E-state index in [0.717, 1.165) is 6.42 Å². The summed E-state index contributed by atoms with van der Waals surface area (Å²) in [5, 5.41) is 3.21. The Hall–Kier alpha value is -1.90. The van der Waals surface area contributed by atoms with Crippen molar-refractivity contribution in [3.63, 3.8) is 0 Å². The average molecular weight is 287 g/mol. The van der Waals surface area contributed by atoms with Crippen LogP contribution in [-0.4, -0.2) is 0 Å². The van der Waals surface area contributed by atoms with E-state index in [1.165, 1.54) is 23.3 Å². The van der Waals surface area contributed by atoms with Crippen LogP contribution >= 0.6 is 0 Å². The lowest BCUT2D eigenvalue weighted by Gasteiger charge is -2.29. The summed E-state index contributed by atoms with van der Waals surface area (Å²) in [5.74, 6) is -0.794. The second-order valence-corrected chi connectivity index (χ2v) is 6.52. The summed E-state index contributed by atoms with van der Waals surface area (Å²) in [6.45, 7) is 5.86. The lowest BCUT2D eigenvalue weighted by Crippen LogP contribution is -2.25. The Bertz CT molecular complexity index is 692. The zero-order valence-electron chi connectivity index (χ0n) is 12.5. The summed E-state index contributed by atoms with van der Waals surface area (Å²) >= 11 is 0. The molecule has 0 aromatic heterocycles. The smallest absolute Gasteiger partial charge is 0.146 e. The molecule has 2 aromatic rings. The third-order valence-corrected chi connectivity index (χ3v) is 4.34. The zero-order valence-corrected chi connectivity index (χ0v) is 12.5. The van der Waals surface area contributed by atoms with Crippen molar-refractivity contribution in [2.24, 2.45) is 5.41 Å². The van der Waals surface area contributed by atoms with E-state index in [9.17, 15) is 8.78 Å². The van der Waals surface area contributed by atoms with E-state index in [1.54, 1.807) is 6.92 Å². The Morgan fingerprint density at radius 1 is 1.10 bits per heavy atom. The molecule has 0 spiro atoms. The molecule has 110 valence electrons. The molecule has 3 heteroatoms. The summed E-state index contributed by atoms with van der Waals surface area (Å²) in [6.07, 6.45) is 0.927. The second kappa shape index (κ2) is 4.83. The molecule has 0 saturated carbocycles. The van der Waals surface area contributed by atoms with Gasteiger partial charge in [0.1, 0.15) is 11.6 Å². The molecule has 0 amide bonds. The number of fused-ring (bicyclic) bond motifs is 1. The number of benzene rings is 2. The Morgan fingerprint density at radius 3 is 2.57 bits per heavy atom. The monoisotopic (exact) mass is 287 g/mol. The van der Waals surface area contributed by atoms with Crippen molar-refractivity contribution in [3.05, 3.63) is 64.7 Å². The Labute approximate surface area is 124 Å². The number of hydrogen-bond donors (Lipinski definition) is 1. The third kappa shape index (κ3) is 2.41. The fourth-order valence-corrected chi connectivity index (χ4v) is 3.18. The molecule has 1 unspecified atom stereocenters. The van der Waals surface area contributed by atoms with Crippen LogP contribution < -0.4 is 5.32 Å². The molecule has 1 aliphatic carbocycles. The highest BCUT2D eigenvalue weighted by molar-refractivity contribution is 5.52. The first-order valence-electron chi connectivity index (χ1n) is 7.18. The summed E-state index contributed by atoms with van der Waals surface area (Å²) in [7, 11) is 0. The fourth-order valence-electron chi connectivity index (χ4n) is 3.18. The lowest BCUT2D eigenvalue weighted by atomic mass is 9.85. The molecule has 0 fully saturated rings. The molecule has 1 aliphatic rings. The van der Waals surface area contributed by atoms with Crippen molar-refractivity contribution in [3.8, 4) is 0 Å². The Balaban J connectivity index is 1.99. The van der Waals surface area contributed by atoms with Crippen molar-refractivity contribution < 1.29 is 8.78 Å². The molecule has 0 aliphatic heterocycles. The van der Waals surface area contributed by atoms with Gasteiger partial charge in [0.25, 0.3) is 0 Å². The van der Waals surface area contributed by atoms with Crippen LogP contribution in [0.1, 0.15) is 36.6 Å². The summed E-state index contributed by atoms with van der Waals surface area (Å²) < 4.78 is 27.8. The molecular weight excluding hydrogens is 268 g/mol. The zero-order chi connectivity index (χ0) is 15.2. The molecular formula is C18H19F2N. The van der Waals surface area contributed by atoms with Gasteiger partial charge in [-0.3, -0.25) is 0 Å². The van der Waals surface area contributed by atoms with Crippen LogP contribution in [0.25, 0.3) is 0 Å². The molecule has 1 nitrogen and oxygen atoms in total. The van der Waals surface area contributed by atoms with Crippen molar-refractivity contribution >= 4 is 5.69 Å². The van der Waals surface area contributed by atoms with Gasteiger partial charge in [-0.1, -0.05) is 38.1 Å². The molecule has 2 aromatic carbocycles. The number of anilines is 1. The SMILES string of the molecule is Cc1cc(F)c(NC2c3ccccc3CC2(C)C)cc1F. The second-order valence-electron chi connectivity index (χ2n) is 6.52. The molecule has 3 rings (SSSR count). The van der Waals surface area contributed by atoms with Gasteiger partial charge in [0.2, 0.25) is 0 Å². The Morgan fingerprint density at radius 2 is 1.81 bits per heavy atom. The minimum absolute atomic E-state index is 0.0229. The molecule has 0 radical (unpaired) electrons. The van der Waals surface area contributed by atoms with Crippen molar-refractivity contribution in [1.82, 2.24) is 0 Å². The third-order valence-electron chi connectivity index (χ3n) is 4.34. The number of hydrogen-bond acceptors (Lipinski definition) is 1. The van der Waals surface area contributed by atoms with Crippen molar-refractivity contribution in [1.29, 1.82) is 0 Å². The van der Waals surface area contributed by atoms with E-state index in [4.69, 9.17) is 0 Å². The topological polar surface area (TPSA) is 12.0 Å². The number of rotatable bonds is 2. The van der Waals surface area contributed by atoms with Gasteiger partial charge in [-0.05, 0) is 41.5 Å². The maximum atomic E-state index is 14.1. The number of nitrogens with one attached hydrogen (secondary N) is 1. The van der Waals surface area contributed by atoms with Gasteiger partial charge in [-0.15, -0.1) is 0 Å². The van der Waals surface area contributed by atoms with Crippen molar-refractivity contribution in [2.45, 2.75) is 33.2 Å². The van der Waals surface area contributed by atoms with E-state index in [2.05, 4.69) is 31.3 Å². The summed E-state index contributed by atoms with van der Waals surface area (Å²) in [6, 6.07) is 10.6. The fraction of sp³-hybridized carbons (Fsp3) is 0.333. The highest BCUT2D eigenvalue weighted by Gasteiger charge is 2.39. The van der Waals surface area contributed by atoms with Crippen LogP contribution in [0.2, 0.25) is 0 Å². The van der Waals surface area contributed by atoms with E-state index in [1.807, 2.05) is 12.1 Å². The summed E-state index contributed by atoms with van der Waals surface area (Å²) in [4.78, 5) is 0. The first-order valence-corrected chi connectivity index (χ1v) is 7.18. The minimum Gasteiger partial charge on any atom is -0.375 e. The van der Waals surface area contributed by atoms with Crippen LogP contribution in [0.4, 0.5) is 14.5 Å². The Kier molecular flexibility index (Phi) is 3.23. The highest BCUT2D eigenvalue weighted by atomic mass is 19.1. The molecule has 0 bridgehead atoms. The van der Waals surface area contributed by atoms with Gasteiger partial charge in [-0.25, -0.2) is 8.78 Å². The molecule has 21 heavy (non-hydrogen) atoms. The predicted molar refractivity (Wildman–Crippen MR) is 81.4 cm³/mol. The van der Waals surface area contributed by atoms with E-state index in [0.29, 0.717) is 5.56 Å². The van der Waals surface area contributed by atoms with Gasteiger partial charge in [0, 0.05) is 6.07 Å². The lowest BCUT2D eigenvalue weighted by molar-refractivity contribution is 0.336. The van der Waals surface area contributed by atoms with Crippen LogP contribution in [-0.2, 0) is 6.42 Å². The van der Waals surface area contributed by atoms with Gasteiger partial charge in [0.05, 0.1) is 11.7 Å². The van der Waals surface area contributed by atoms with Crippen LogP contribution in [0.15, 0.2) is 36.4 Å². The van der Waals surface area contributed by atoms with Crippen LogP contribution in [0.3, 0.4) is 0 Å². The standard InChI is InChI=1S/C18H19F2N/c1-11-8-15(20)16(9-14(11)19)21-17-13-7-5-4-6-12(13)10-18(17,2)3/h4-9,17,21H,10H2,1-3H3. The van der Waals surface area contributed by atoms with Crippen molar-refractivity contribution in [2.75, 3.05) is 5.32 Å². The summed E-state index contributed by atoms with van der Waals surface area (Å²) in [5.41, 5.74) is 2.95. The quantitative estimate of drug-likeness (QED) is 0.818. The molecule has 0 saturated heterocycles. The first-order chi connectivity index (χ1) is 9.88. The largest absolute Gasteiger partial charge is 0.375 e. The van der Waals surface area contributed by atoms with Crippen LogP contribution in [0, 0.1) is 24.0 Å². The highest BCUT2D eigenvalue weighted by Crippen LogP contribution is 2.47. The predicted octanol–water partition coefficient (Wildman–Crippen LogP) is 5.01. The van der Waals surface area contributed by atoms with E-state index >= 15 is 0 Å². The molecule has 1 N–H and O–H groups in total. The first kappa shape index (κ1) is 14.1. The van der Waals surface area contributed by atoms with Gasteiger partial charge < -0.3 is 5.32 Å². The van der Waals surface area contributed by atoms with Gasteiger partial charge in [0.15, 0.2) is 0 Å². The average Bonchev–Trinajstić information content (AvgIpc) is 2.67. The van der Waals surface area contributed by atoms with E-state index in [-0.39, 0.29) is 23.0 Å². The molecule has 0 heterocycles. The van der Waals surface area contributed by atoms with Crippen LogP contribution in [0.5, 0.6) is 0 Å². The number of aryl methyl sites for hydroxylation is 1. The minimum atomic E-state index is -0.408. The normalized spacial score (nSPS) is 19.4. The molecule has 1 atom stereocenters. The maximum Gasteiger partial charge on any atom is 0.146 e. The number of halogens is 2. The van der Waals surface area contributed by atoms with E-state index < -0.39 is 5.82 Å². The van der Waals surface area contributed by atoms with Gasteiger partial charge in [-0.2, -0.15) is 0 Å². The van der Waals surface area contributed by atoms with Gasteiger partial charge >= 0.3 is 0 Å².